The van der Waals surface area contributed by atoms with Gasteiger partial charge in [0.05, 0.1) is 0 Å². The first-order valence-electron chi connectivity index (χ1n) is 6.43. The molecule has 1 aromatic heterocycles. The molecule has 90 valence electrons. The van der Waals surface area contributed by atoms with Crippen LogP contribution in [-0.2, 0) is 13.5 Å². The molecule has 1 aliphatic rings. The number of imidazole rings is 1. The molecule has 0 saturated heterocycles. The highest BCUT2D eigenvalue weighted by Crippen LogP contribution is 2.25. The summed E-state index contributed by atoms with van der Waals surface area (Å²) in [5.74, 6) is 2.04. The number of aryl methyl sites for hydroxylation is 1. The smallest absolute Gasteiger partial charge is 0.108 e. The van der Waals surface area contributed by atoms with Crippen molar-refractivity contribution in [3.05, 3.63) is 18.2 Å². The third-order valence-electron chi connectivity index (χ3n) is 3.83. The monoisotopic (exact) mass is 221 g/mol. The Morgan fingerprint density at radius 1 is 1.44 bits per heavy atom. The fraction of sp³-hybridized carbons (Fsp3) is 0.769. The molecule has 0 bridgehead atoms. The first-order chi connectivity index (χ1) is 7.79. The first-order valence-corrected chi connectivity index (χ1v) is 6.43. The predicted molar refractivity (Wildman–Crippen MR) is 66.3 cm³/mol. The van der Waals surface area contributed by atoms with Crippen LogP contribution in [0.25, 0.3) is 0 Å². The lowest BCUT2D eigenvalue weighted by Crippen LogP contribution is -2.27. The van der Waals surface area contributed by atoms with Gasteiger partial charge in [0.15, 0.2) is 0 Å². The third kappa shape index (κ3) is 2.85. The second-order valence-corrected chi connectivity index (χ2v) is 5.03. The van der Waals surface area contributed by atoms with Crippen molar-refractivity contribution in [2.24, 2.45) is 13.0 Å². The molecule has 2 unspecified atom stereocenters. The van der Waals surface area contributed by atoms with Crippen molar-refractivity contribution >= 4 is 0 Å². The second-order valence-electron chi connectivity index (χ2n) is 5.03. The number of hydrogen-bond donors (Lipinski definition) is 1. The van der Waals surface area contributed by atoms with E-state index < -0.39 is 0 Å². The fourth-order valence-corrected chi connectivity index (χ4v) is 2.76. The highest BCUT2D eigenvalue weighted by atomic mass is 15.0. The molecule has 16 heavy (non-hydrogen) atoms. The Morgan fingerprint density at radius 3 is 2.94 bits per heavy atom. The maximum absolute atomic E-state index is 4.43. The van der Waals surface area contributed by atoms with Gasteiger partial charge in [0.1, 0.15) is 5.82 Å². The van der Waals surface area contributed by atoms with Crippen LogP contribution in [0.15, 0.2) is 12.4 Å². The lowest BCUT2D eigenvalue weighted by atomic mass is 9.94. The molecule has 2 rings (SSSR count). The van der Waals surface area contributed by atoms with Gasteiger partial charge in [-0.3, -0.25) is 0 Å². The number of nitrogens with zero attached hydrogens (tertiary/aromatic N) is 2. The van der Waals surface area contributed by atoms with Crippen LogP contribution in [-0.4, -0.2) is 22.6 Å². The average molecular weight is 221 g/mol. The number of rotatable bonds is 3. The standard InChI is InChI=1S/C13H23N3/c1-14-12-6-4-3-5-11(9-12)10-13-15-7-8-16(13)2/h7-8,11-12,14H,3-6,9-10H2,1-2H3. The molecular formula is C13H23N3. The van der Waals surface area contributed by atoms with E-state index in [0.717, 1.165) is 12.3 Å². The molecule has 0 spiro atoms. The normalized spacial score (nSPS) is 26.6. The van der Waals surface area contributed by atoms with Gasteiger partial charge in [-0.1, -0.05) is 12.8 Å². The van der Waals surface area contributed by atoms with Gasteiger partial charge in [0.25, 0.3) is 0 Å². The van der Waals surface area contributed by atoms with E-state index in [4.69, 9.17) is 0 Å². The van der Waals surface area contributed by atoms with Gasteiger partial charge in [-0.05, 0) is 32.2 Å². The van der Waals surface area contributed by atoms with E-state index in [1.165, 1.54) is 37.9 Å². The second kappa shape index (κ2) is 5.48. The summed E-state index contributed by atoms with van der Waals surface area (Å²) >= 11 is 0. The first kappa shape index (κ1) is 11.6. The predicted octanol–water partition coefficient (Wildman–Crippen LogP) is 2.13. The zero-order valence-corrected chi connectivity index (χ0v) is 10.4. The molecule has 3 nitrogen and oxygen atoms in total. The van der Waals surface area contributed by atoms with Crippen molar-refractivity contribution in [1.29, 1.82) is 0 Å². The highest BCUT2D eigenvalue weighted by Gasteiger charge is 2.20. The van der Waals surface area contributed by atoms with Gasteiger partial charge >= 0.3 is 0 Å². The summed E-state index contributed by atoms with van der Waals surface area (Å²) in [6, 6.07) is 0.716. The number of nitrogens with one attached hydrogen (secondary N) is 1. The molecule has 1 aromatic rings. The van der Waals surface area contributed by atoms with Crippen LogP contribution in [0.1, 0.15) is 37.9 Å². The summed E-state index contributed by atoms with van der Waals surface area (Å²) in [6.07, 6.45) is 11.9. The van der Waals surface area contributed by atoms with Gasteiger partial charge in [-0.25, -0.2) is 4.98 Å². The lowest BCUT2D eigenvalue weighted by Gasteiger charge is -2.19. The molecule has 3 heteroatoms. The van der Waals surface area contributed by atoms with E-state index in [-0.39, 0.29) is 0 Å². The quantitative estimate of drug-likeness (QED) is 0.792. The molecule has 0 aliphatic heterocycles. The van der Waals surface area contributed by atoms with Gasteiger partial charge in [0.2, 0.25) is 0 Å². The van der Waals surface area contributed by atoms with Crippen LogP contribution in [0.2, 0.25) is 0 Å². The fourth-order valence-electron chi connectivity index (χ4n) is 2.76. The van der Waals surface area contributed by atoms with E-state index in [1.54, 1.807) is 0 Å². The molecule has 0 radical (unpaired) electrons. The van der Waals surface area contributed by atoms with Crippen molar-refractivity contribution in [1.82, 2.24) is 14.9 Å². The topological polar surface area (TPSA) is 29.9 Å². The summed E-state index contributed by atoms with van der Waals surface area (Å²) in [6.45, 7) is 0. The Balaban J connectivity index is 1.95. The summed E-state index contributed by atoms with van der Waals surface area (Å²) in [4.78, 5) is 4.43. The highest BCUT2D eigenvalue weighted by molar-refractivity contribution is 4.94. The number of aromatic nitrogens is 2. The van der Waals surface area contributed by atoms with E-state index in [9.17, 15) is 0 Å². The Hall–Kier alpha value is -0.830. The van der Waals surface area contributed by atoms with Gasteiger partial charge in [-0.15, -0.1) is 0 Å². The van der Waals surface area contributed by atoms with Gasteiger partial charge in [0, 0.05) is 31.9 Å². The molecule has 1 N–H and O–H groups in total. The summed E-state index contributed by atoms with van der Waals surface area (Å²) < 4.78 is 2.15. The number of hydrogen-bond acceptors (Lipinski definition) is 2. The van der Waals surface area contributed by atoms with Crippen LogP contribution in [0, 0.1) is 5.92 Å². The van der Waals surface area contributed by atoms with Crippen LogP contribution >= 0.6 is 0 Å². The molecule has 1 saturated carbocycles. The summed E-state index contributed by atoms with van der Waals surface area (Å²) in [7, 11) is 4.18. The van der Waals surface area contributed by atoms with Crippen molar-refractivity contribution in [3.63, 3.8) is 0 Å². The average Bonchev–Trinajstić information content (AvgIpc) is 2.55. The maximum Gasteiger partial charge on any atom is 0.108 e. The molecule has 2 atom stereocenters. The zero-order valence-electron chi connectivity index (χ0n) is 10.4. The Labute approximate surface area is 98.3 Å². The van der Waals surface area contributed by atoms with Crippen LogP contribution in [0.4, 0.5) is 0 Å². The molecule has 0 aromatic carbocycles. The van der Waals surface area contributed by atoms with Crippen molar-refractivity contribution < 1.29 is 0 Å². The van der Waals surface area contributed by atoms with Crippen molar-refractivity contribution in [2.45, 2.75) is 44.6 Å². The minimum absolute atomic E-state index is 0.716. The molecule has 0 amide bonds. The minimum atomic E-state index is 0.716. The van der Waals surface area contributed by atoms with Gasteiger partial charge in [-0.2, -0.15) is 0 Å². The third-order valence-corrected chi connectivity index (χ3v) is 3.83. The molecule has 1 fully saturated rings. The van der Waals surface area contributed by atoms with Crippen LogP contribution in [0.3, 0.4) is 0 Å². The van der Waals surface area contributed by atoms with E-state index in [0.29, 0.717) is 6.04 Å². The van der Waals surface area contributed by atoms with Crippen LogP contribution < -0.4 is 5.32 Å². The van der Waals surface area contributed by atoms with Crippen molar-refractivity contribution in [3.8, 4) is 0 Å². The van der Waals surface area contributed by atoms with E-state index >= 15 is 0 Å². The largest absolute Gasteiger partial charge is 0.338 e. The summed E-state index contributed by atoms with van der Waals surface area (Å²) in [5, 5.41) is 3.44. The Kier molecular flexibility index (Phi) is 3.99. The SMILES string of the molecule is CNC1CCCCC(Cc2nccn2C)C1. The lowest BCUT2D eigenvalue weighted by molar-refractivity contribution is 0.392. The molecule has 1 heterocycles. The molecule has 1 aliphatic carbocycles. The van der Waals surface area contributed by atoms with E-state index in [1.807, 2.05) is 12.4 Å². The van der Waals surface area contributed by atoms with E-state index in [2.05, 4.69) is 29.0 Å². The maximum atomic E-state index is 4.43. The Morgan fingerprint density at radius 2 is 2.25 bits per heavy atom. The van der Waals surface area contributed by atoms with Crippen molar-refractivity contribution in [2.75, 3.05) is 7.05 Å². The van der Waals surface area contributed by atoms with Crippen LogP contribution in [0.5, 0.6) is 0 Å². The minimum Gasteiger partial charge on any atom is -0.338 e. The molecular weight excluding hydrogens is 198 g/mol. The van der Waals surface area contributed by atoms with Gasteiger partial charge < -0.3 is 9.88 Å². The summed E-state index contributed by atoms with van der Waals surface area (Å²) in [5.41, 5.74) is 0. The Bertz CT molecular complexity index is 319. The zero-order chi connectivity index (χ0) is 11.4.